The molecule has 1 fully saturated rings. The second kappa shape index (κ2) is 6.42. The Kier molecular flexibility index (Phi) is 4.86. The third-order valence-corrected chi connectivity index (χ3v) is 4.74. The first-order valence-corrected chi connectivity index (χ1v) is 7.91. The van der Waals surface area contributed by atoms with Crippen molar-refractivity contribution in [1.82, 2.24) is 5.32 Å². The zero-order chi connectivity index (χ0) is 13.8. The van der Waals surface area contributed by atoms with Crippen LogP contribution in [0.2, 0.25) is 0 Å². The minimum Gasteiger partial charge on any atom is -0.507 e. The number of aromatic hydroxyl groups is 1. The van der Waals surface area contributed by atoms with Gasteiger partial charge in [-0.1, -0.05) is 40.9 Å². The topological polar surface area (TPSA) is 49.3 Å². The van der Waals surface area contributed by atoms with E-state index in [1.54, 1.807) is 25.1 Å². The van der Waals surface area contributed by atoms with E-state index in [-0.39, 0.29) is 17.7 Å². The maximum Gasteiger partial charge on any atom is 0.255 e. The zero-order valence-electron chi connectivity index (χ0n) is 11.2. The van der Waals surface area contributed by atoms with Gasteiger partial charge in [-0.25, -0.2) is 0 Å². The number of carbonyl (C=O) groups excluding carboxylic acids is 1. The molecule has 0 aromatic heterocycles. The molecule has 1 aliphatic carbocycles. The summed E-state index contributed by atoms with van der Waals surface area (Å²) >= 11 is 3.52. The van der Waals surface area contributed by atoms with Gasteiger partial charge in [0, 0.05) is 11.4 Å². The minimum absolute atomic E-state index is 0.0891. The van der Waals surface area contributed by atoms with Gasteiger partial charge in [-0.3, -0.25) is 4.79 Å². The molecule has 2 rings (SSSR count). The van der Waals surface area contributed by atoms with E-state index in [4.69, 9.17) is 0 Å². The Morgan fingerprint density at radius 2 is 2.16 bits per heavy atom. The maximum atomic E-state index is 12.3. The van der Waals surface area contributed by atoms with Crippen LogP contribution in [0, 0.1) is 12.8 Å². The Labute approximate surface area is 122 Å². The number of alkyl halides is 1. The summed E-state index contributed by atoms with van der Waals surface area (Å²) in [5, 5.41) is 13.9. The van der Waals surface area contributed by atoms with E-state index < -0.39 is 0 Å². The lowest BCUT2D eigenvalue weighted by Crippen LogP contribution is -2.42. The fourth-order valence-corrected chi connectivity index (χ4v) is 3.45. The highest BCUT2D eigenvalue weighted by Gasteiger charge is 2.26. The molecule has 0 saturated heterocycles. The van der Waals surface area contributed by atoms with Crippen molar-refractivity contribution in [3.8, 4) is 5.75 Å². The quantitative estimate of drug-likeness (QED) is 0.837. The van der Waals surface area contributed by atoms with Crippen molar-refractivity contribution in [3.63, 3.8) is 0 Å². The second-order valence-electron chi connectivity index (χ2n) is 5.25. The van der Waals surface area contributed by atoms with Gasteiger partial charge >= 0.3 is 0 Å². The largest absolute Gasteiger partial charge is 0.507 e. The number of amides is 1. The average Bonchev–Trinajstić information content (AvgIpc) is 2.42. The molecule has 0 radical (unpaired) electrons. The summed E-state index contributed by atoms with van der Waals surface area (Å²) in [6.07, 6.45) is 4.57. The number of hydrogen-bond donors (Lipinski definition) is 2. The summed E-state index contributed by atoms with van der Waals surface area (Å²) in [5.74, 6) is 0.412. The van der Waals surface area contributed by atoms with Crippen molar-refractivity contribution in [2.24, 2.45) is 5.92 Å². The van der Waals surface area contributed by atoms with Gasteiger partial charge in [0.1, 0.15) is 5.75 Å². The Balaban J connectivity index is 2.09. The summed E-state index contributed by atoms with van der Waals surface area (Å²) in [4.78, 5) is 12.3. The van der Waals surface area contributed by atoms with Crippen LogP contribution in [-0.2, 0) is 0 Å². The fourth-order valence-electron chi connectivity index (χ4n) is 2.67. The number of nitrogens with one attached hydrogen (secondary N) is 1. The molecule has 2 atom stereocenters. The molecule has 3 nitrogen and oxygen atoms in total. The molecule has 4 heteroatoms. The van der Waals surface area contributed by atoms with Crippen LogP contribution >= 0.6 is 15.9 Å². The van der Waals surface area contributed by atoms with E-state index >= 15 is 0 Å². The van der Waals surface area contributed by atoms with Crippen LogP contribution < -0.4 is 5.32 Å². The van der Waals surface area contributed by atoms with Gasteiger partial charge < -0.3 is 10.4 Å². The zero-order valence-corrected chi connectivity index (χ0v) is 12.7. The van der Waals surface area contributed by atoms with Crippen molar-refractivity contribution in [2.75, 3.05) is 5.33 Å². The molecule has 0 spiro atoms. The van der Waals surface area contributed by atoms with E-state index in [1.807, 2.05) is 0 Å². The molecular weight excluding hydrogens is 306 g/mol. The predicted octanol–water partition coefficient (Wildman–Crippen LogP) is 3.38. The molecule has 0 heterocycles. The summed E-state index contributed by atoms with van der Waals surface area (Å²) in [7, 11) is 0. The number of benzene rings is 1. The molecule has 0 aliphatic heterocycles. The Hall–Kier alpha value is -1.03. The minimum atomic E-state index is -0.168. The molecule has 1 aromatic carbocycles. The third kappa shape index (κ3) is 3.30. The molecule has 1 aliphatic rings. The Bertz CT molecular complexity index is 461. The predicted molar refractivity (Wildman–Crippen MR) is 79.9 cm³/mol. The van der Waals surface area contributed by atoms with Crippen molar-refractivity contribution in [2.45, 2.75) is 38.6 Å². The van der Waals surface area contributed by atoms with E-state index in [9.17, 15) is 9.90 Å². The number of rotatable bonds is 3. The summed E-state index contributed by atoms with van der Waals surface area (Å²) < 4.78 is 0. The van der Waals surface area contributed by atoms with Crippen LogP contribution in [0.4, 0.5) is 0 Å². The highest BCUT2D eigenvalue weighted by Crippen LogP contribution is 2.27. The number of hydrogen-bond acceptors (Lipinski definition) is 2. The standard InChI is InChI=1S/C15H20BrNO2/c1-10-5-4-7-12(14(10)18)15(19)17-13-8-3-2-6-11(13)9-16/h4-5,7,11,13,18H,2-3,6,8-9H2,1H3,(H,17,19). The molecular formula is C15H20BrNO2. The second-order valence-corrected chi connectivity index (χ2v) is 5.90. The van der Waals surface area contributed by atoms with Crippen LogP contribution in [0.25, 0.3) is 0 Å². The molecule has 1 aromatic rings. The molecule has 2 unspecified atom stereocenters. The van der Waals surface area contributed by atoms with Crippen LogP contribution in [0.15, 0.2) is 18.2 Å². The maximum absolute atomic E-state index is 12.3. The molecule has 19 heavy (non-hydrogen) atoms. The first-order valence-electron chi connectivity index (χ1n) is 6.79. The Morgan fingerprint density at radius 3 is 2.89 bits per heavy atom. The van der Waals surface area contributed by atoms with Gasteiger partial charge in [-0.05, 0) is 37.3 Å². The number of aryl methyl sites for hydroxylation is 1. The van der Waals surface area contributed by atoms with Gasteiger partial charge in [0.05, 0.1) is 5.56 Å². The number of phenolic OH excluding ortho intramolecular Hbond substituents is 1. The third-order valence-electron chi connectivity index (χ3n) is 3.91. The SMILES string of the molecule is Cc1cccc(C(=O)NC2CCCCC2CBr)c1O. The lowest BCUT2D eigenvalue weighted by atomic mass is 9.85. The van der Waals surface area contributed by atoms with Gasteiger partial charge in [-0.15, -0.1) is 0 Å². The van der Waals surface area contributed by atoms with Crippen LogP contribution in [0.5, 0.6) is 5.75 Å². The van der Waals surface area contributed by atoms with Crippen molar-refractivity contribution < 1.29 is 9.90 Å². The van der Waals surface area contributed by atoms with E-state index in [0.29, 0.717) is 11.5 Å². The first kappa shape index (κ1) is 14.4. The van der Waals surface area contributed by atoms with Crippen LogP contribution in [0.3, 0.4) is 0 Å². The molecule has 1 saturated carbocycles. The van der Waals surface area contributed by atoms with E-state index in [1.165, 1.54) is 6.42 Å². The molecule has 104 valence electrons. The lowest BCUT2D eigenvalue weighted by Gasteiger charge is -2.31. The summed E-state index contributed by atoms with van der Waals surface area (Å²) in [6, 6.07) is 5.48. The smallest absolute Gasteiger partial charge is 0.255 e. The summed E-state index contributed by atoms with van der Waals surface area (Å²) in [6.45, 7) is 1.80. The number of para-hydroxylation sites is 1. The summed E-state index contributed by atoms with van der Waals surface area (Å²) in [5.41, 5.74) is 1.10. The van der Waals surface area contributed by atoms with Crippen molar-refractivity contribution >= 4 is 21.8 Å². The molecule has 1 amide bonds. The van der Waals surface area contributed by atoms with Gasteiger partial charge in [0.2, 0.25) is 0 Å². The van der Waals surface area contributed by atoms with Crippen LogP contribution in [-0.4, -0.2) is 22.4 Å². The monoisotopic (exact) mass is 325 g/mol. The van der Waals surface area contributed by atoms with Crippen molar-refractivity contribution in [3.05, 3.63) is 29.3 Å². The molecule has 0 bridgehead atoms. The average molecular weight is 326 g/mol. The number of halogens is 1. The lowest BCUT2D eigenvalue weighted by molar-refractivity contribution is 0.0909. The van der Waals surface area contributed by atoms with E-state index in [0.717, 1.165) is 30.2 Å². The number of phenols is 1. The Morgan fingerprint density at radius 1 is 1.42 bits per heavy atom. The van der Waals surface area contributed by atoms with Crippen LogP contribution in [0.1, 0.15) is 41.6 Å². The highest BCUT2D eigenvalue weighted by atomic mass is 79.9. The van der Waals surface area contributed by atoms with Gasteiger partial charge in [0.15, 0.2) is 0 Å². The van der Waals surface area contributed by atoms with E-state index in [2.05, 4.69) is 21.2 Å². The van der Waals surface area contributed by atoms with Gasteiger partial charge in [0.25, 0.3) is 5.91 Å². The molecule has 2 N–H and O–H groups in total. The van der Waals surface area contributed by atoms with Crippen molar-refractivity contribution in [1.29, 1.82) is 0 Å². The highest BCUT2D eigenvalue weighted by molar-refractivity contribution is 9.09. The number of carbonyl (C=O) groups is 1. The van der Waals surface area contributed by atoms with Gasteiger partial charge in [-0.2, -0.15) is 0 Å². The first-order chi connectivity index (χ1) is 9.13. The normalized spacial score (nSPS) is 23.1. The fraction of sp³-hybridized carbons (Fsp3) is 0.533.